The average Bonchev–Trinajstić information content (AvgIpc) is 3.72. The number of fused-ring (bicyclic) bond motifs is 3. The zero-order valence-corrected chi connectivity index (χ0v) is 23.2. The van der Waals surface area contributed by atoms with Gasteiger partial charge in [0, 0.05) is 40.2 Å². The van der Waals surface area contributed by atoms with Crippen molar-refractivity contribution in [1.82, 2.24) is 14.9 Å². The summed E-state index contributed by atoms with van der Waals surface area (Å²) in [6.45, 7) is 11.4. The van der Waals surface area contributed by atoms with Gasteiger partial charge in [0.15, 0.2) is 0 Å². The first-order valence-corrected chi connectivity index (χ1v) is 14.7. The van der Waals surface area contributed by atoms with E-state index in [1.165, 1.54) is 0 Å². The smallest absolute Gasteiger partial charge is 0.143 e. The van der Waals surface area contributed by atoms with Crippen LogP contribution in [-0.4, -0.2) is 62.3 Å². The van der Waals surface area contributed by atoms with Crippen LogP contribution in [0.5, 0.6) is 5.75 Å². The number of H-pyrrole nitrogens is 1. The van der Waals surface area contributed by atoms with Crippen LogP contribution in [0.25, 0.3) is 33.1 Å². The Morgan fingerprint density at radius 3 is 2.70 bits per heavy atom. The van der Waals surface area contributed by atoms with Gasteiger partial charge < -0.3 is 19.7 Å². The molecule has 1 unspecified atom stereocenters. The van der Waals surface area contributed by atoms with Gasteiger partial charge in [-0.15, -0.1) is 0 Å². The number of rotatable bonds is 11. The van der Waals surface area contributed by atoms with Crippen LogP contribution in [0.2, 0.25) is 0 Å². The molecule has 2 N–H and O–H groups in total. The maximum Gasteiger partial charge on any atom is 0.143 e. The van der Waals surface area contributed by atoms with E-state index >= 15 is 0 Å². The van der Waals surface area contributed by atoms with Crippen LogP contribution in [0.3, 0.4) is 0 Å². The van der Waals surface area contributed by atoms with Crippen molar-refractivity contribution in [2.75, 3.05) is 32.8 Å². The van der Waals surface area contributed by atoms with Crippen LogP contribution in [0.15, 0.2) is 53.6 Å². The number of aliphatic hydroxyl groups excluding tert-OH is 1. The summed E-state index contributed by atoms with van der Waals surface area (Å²) in [5.41, 5.74) is 5.01. The monoisotopic (exact) mass is 521 g/mol. The molecule has 7 heteroatoms. The van der Waals surface area contributed by atoms with E-state index in [1.54, 1.807) is 0 Å². The molecule has 6 nitrogen and oxygen atoms in total. The number of aliphatic hydroxyl groups is 1. The fourth-order valence-corrected chi connectivity index (χ4v) is 6.03. The second kappa shape index (κ2) is 12.7. The van der Waals surface area contributed by atoms with Crippen molar-refractivity contribution in [3.05, 3.63) is 54.2 Å². The third kappa shape index (κ3) is 6.22. The lowest BCUT2D eigenvalue weighted by Crippen LogP contribution is -2.28. The highest BCUT2D eigenvalue weighted by Crippen LogP contribution is 2.40. The zero-order valence-electron chi connectivity index (χ0n) is 22.4. The Hall–Kier alpha value is -2.74. The van der Waals surface area contributed by atoms with Gasteiger partial charge in [0.1, 0.15) is 11.4 Å². The highest BCUT2D eigenvalue weighted by atomic mass is 32.2. The molecule has 0 spiro atoms. The number of hydrogen-bond acceptors (Lipinski definition) is 5. The minimum Gasteiger partial charge on any atom is -0.491 e. The summed E-state index contributed by atoms with van der Waals surface area (Å²) < 4.78 is 19.1. The van der Waals surface area contributed by atoms with Gasteiger partial charge in [-0.05, 0) is 79.8 Å². The van der Waals surface area contributed by atoms with Crippen LogP contribution in [0, 0.1) is 6.92 Å². The van der Waals surface area contributed by atoms with E-state index in [2.05, 4.69) is 53.0 Å². The SMILES string of the molecule is CC.CCN(CCO)CCCOc1ccc(-c2cccc(S(=O)C3CC3)c2)c2c1[nH]c1ncc(C)cc12. The van der Waals surface area contributed by atoms with E-state index in [-0.39, 0.29) is 6.61 Å². The van der Waals surface area contributed by atoms with Crippen molar-refractivity contribution >= 4 is 32.7 Å². The van der Waals surface area contributed by atoms with E-state index in [0.717, 1.165) is 81.6 Å². The summed E-state index contributed by atoms with van der Waals surface area (Å²) in [5.74, 6) is 0.808. The van der Waals surface area contributed by atoms with E-state index in [0.29, 0.717) is 18.4 Å². The summed E-state index contributed by atoms with van der Waals surface area (Å²) >= 11 is 0. The van der Waals surface area contributed by atoms with Gasteiger partial charge in [-0.1, -0.05) is 32.9 Å². The molecule has 1 aliphatic carbocycles. The second-order valence-corrected chi connectivity index (χ2v) is 11.0. The molecule has 5 rings (SSSR count). The molecule has 1 atom stereocenters. The lowest BCUT2D eigenvalue weighted by Gasteiger charge is -2.19. The Bertz CT molecular complexity index is 1360. The Balaban J connectivity index is 0.00000156. The standard InChI is InChI=1S/C28H33N3O3S.C2H6/c1-3-31(13-14-32)12-5-15-34-25-11-10-23(20-6-4-7-22(17-20)35(33)21-8-9-21)26-24-16-19(2)18-29-28(24)30-27(25)26;1-2/h4,6-7,10-11,16-18,21,32H,3,5,8-9,12-15H2,1-2H3,(H,29,30);1-2H3. The number of likely N-dealkylation sites (N-methyl/N-ethyl adjacent to an activating group) is 1. The largest absolute Gasteiger partial charge is 0.491 e. The number of pyridine rings is 1. The minimum atomic E-state index is -0.944. The van der Waals surface area contributed by atoms with Crippen molar-refractivity contribution in [3.63, 3.8) is 0 Å². The average molecular weight is 522 g/mol. The van der Waals surface area contributed by atoms with Crippen LogP contribution >= 0.6 is 0 Å². The Morgan fingerprint density at radius 1 is 1.16 bits per heavy atom. The van der Waals surface area contributed by atoms with Crippen LogP contribution in [0.4, 0.5) is 0 Å². The molecule has 0 bridgehead atoms. The Kier molecular flexibility index (Phi) is 9.35. The predicted molar refractivity (Wildman–Crippen MR) is 154 cm³/mol. The number of ether oxygens (including phenoxy) is 1. The minimum absolute atomic E-state index is 0.174. The number of nitrogens with one attached hydrogen (secondary N) is 1. The number of benzene rings is 2. The molecule has 0 saturated heterocycles. The number of aromatic nitrogens is 2. The number of nitrogens with zero attached hydrogens (tertiary/aromatic N) is 2. The highest BCUT2D eigenvalue weighted by Gasteiger charge is 2.29. The molecule has 1 saturated carbocycles. The third-order valence-electron chi connectivity index (χ3n) is 6.65. The molecule has 198 valence electrons. The van der Waals surface area contributed by atoms with Gasteiger partial charge in [-0.25, -0.2) is 4.98 Å². The lowest BCUT2D eigenvalue weighted by atomic mass is 9.99. The molecule has 2 heterocycles. The number of aromatic amines is 1. The molecule has 2 aromatic heterocycles. The molecular weight excluding hydrogens is 482 g/mol. The number of aryl methyl sites for hydroxylation is 1. The molecule has 37 heavy (non-hydrogen) atoms. The van der Waals surface area contributed by atoms with Crippen molar-refractivity contribution in [2.24, 2.45) is 0 Å². The fourth-order valence-electron chi connectivity index (χ4n) is 4.63. The third-order valence-corrected chi connectivity index (χ3v) is 8.44. The zero-order chi connectivity index (χ0) is 26.4. The molecule has 0 radical (unpaired) electrons. The normalized spacial score (nSPS) is 14.1. The van der Waals surface area contributed by atoms with Gasteiger partial charge >= 0.3 is 0 Å². The molecule has 0 aliphatic heterocycles. The van der Waals surface area contributed by atoms with Crippen LogP contribution < -0.4 is 4.74 Å². The van der Waals surface area contributed by atoms with E-state index in [1.807, 2.05) is 38.2 Å². The van der Waals surface area contributed by atoms with Crippen LogP contribution in [-0.2, 0) is 10.8 Å². The van der Waals surface area contributed by atoms with E-state index < -0.39 is 10.8 Å². The maximum absolute atomic E-state index is 12.8. The first-order chi connectivity index (χ1) is 18.1. The second-order valence-electron chi connectivity index (χ2n) is 9.28. The van der Waals surface area contributed by atoms with Crippen molar-refractivity contribution in [1.29, 1.82) is 0 Å². The van der Waals surface area contributed by atoms with Gasteiger partial charge in [-0.3, -0.25) is 4.21 Å². The van der Waals surface area contributed by atoms with E-state index in [9.17, 15) is 9.32 Å². The van der Waals surface area contributed by atoms with Crippen molar-refractivity contribution < 1.29 is 14.1 Å². The summed E-state index contributed by atoms with van der Waals surface area (Å²) in [4.78, 5) is 11.2. The quantitative estimate of drug-likeness (QED) is 0.234. The number of hydrogen-bond donors (Lipinski definition) is 2. The summed E-state index contributed by atoms with van der Waals surface area (Å²) in [6.07, 6.45) is 4.86. The molecule has 1 aliphatic rings. The predicted octanol–water partition coefficient (Wildman–Crippen LogP) is 6.07. The first-order valence-electron chi connectivity index (χ1n) is 13.5. The molecule has 2 aromatic carbocycles. The molecule has 1 fully saturated rings. The Morgan fingerprint density at radius 2 is 1.97 bits per heavy atom. The summed E-state index contributed by atoms with van der Waals surface area (Å²) in [5, 5.41) is 11.7. The van der Waals surface area contributed by atoms with Gasteiger partial charge in [0.25, 0.3) is 0 Å². The maximum atomic E-state index is 12.8. The van der Waals surface area contributed by atoms with Crippen LogP contribution in [0.1, 0.15) is 45.6 Å². The van der Waals surface area contributed by atoms with Gasteiger partial charge in [-0.2, -0.15) is 0 Å². The Labute approximate surface area is 222 Å². The van der Waals surface area contributed by atoms with Gasteiger partial charge in [0.2, 0.25) is 0 Å². The summed E-state index contributed by atoms with van der Waals surface area (Å²) in [6, 6.07) is 14.4. The van der Waals surface area contributed by atoms with E-state index in [4.69, 9.17) is 4.74 Å². The first kappa shape index (κ1) is 27.3. The van der Waals surface area contributed by atoms with Gasteiger partial charge in [0.05, 0.1) is 29.5 Å². The molecule has 4 aromatic rings. The molecular formula is C30H39N3O3S. The summed E-state index contributed by atoms with van der Waals surface area (Å²) in [7, 11) is -0.944. The molecule has 0 amide bonds. The topological polar surface area (TPSA) is 78.5 Å². The van der Waals surface area contributed by atoms with Crippen molar-refractivity contribution in [2.45, 2.75) is 57.1 Å². The van der Waals surface area contributed by atoms with Crippen molar-refractivity contribution in [3.8, 4) is 16.9 Å². The highest BCUT2D eigenvalue weighted by molar-refractivity contribution is 7.86. The fraction of sp³-hybridized carbons (Fsp3) is 0.433. The lowest BCUT2D eigenvalue weighted by molar-refractivity contribution is 0.189.